The van der Waals surface area contributed by atoms with E-state index in [-0.39, 0.29) is 0 Å². The average Bonchev–Trinajstić information content (AvgIpc) is 2.86. The van der Waals surface area contributed by atoms with Crippen molar-refractivity contribution in [3.05, 3.63) is 18.1 Å². The van der Waals surface area contributed by atoms with Crippen LogP contribution in [0.5, 0.6) is 0 Å². The molecule has 96 valence electrons. The molecule has 0 radical (unpaired) electrons. The van der Waals surface area contributed by atoms with Crippen molar-refractivity contribution in [1.82, 2.24) is 14.9 Å². The molecule has 0 amide bonds. The highest BCUT2D eigenvalue weighted by molar-refractivity contribution is 5.36. The zero-order valence-corrected chi connectivity index (χ0v) is 11.0. The first kappa shape index (κ1) is 12.8. The Bertz CT molecular complexity index is 422. The molecule has 5 nitrogen and oxygen atoms in total. The summed E-state index contributed by atoms with van der Waals surface area (Å²) in [6, 6.07) is 2.59. The predicted molar refractivity (Wildman–Crippen MR) is 70.3 cm³/mol. The van der Waals surface area contributed by atoms with Gasteiger partial charge in [0.1, 0.15) is 11.9 Å². The molecule has 2 heterocycles. The van der Waals surface area contributed by atoms with Crippen LogP contribution in [0.25, 0.3) is 0 Å². The molecule has 1 aliphatic rings. The molecule has 0 aromatic carbocycles. The Morgan fingerprint density at radius 3 is 2.94 bits per heavy atom. The van der Waals surface area contributed by atoms with E-state index in [4.69, 9.17) is 5.26 Å². The molecular formula is C13H19N5. The molecule has 18 heavy (non-hydrogen) atoms. The molecule has 1 saturated heterocycles. The SMILES string of the molecule is CCN1CCCC1CN(C)c1cnc(C#N)cn1. The van der Waals surface area contributed by atoms with Crippen LogP contribution in [0, 0.1) is 11.3 Å². The summed E-state index contributed by atoms with van der Waals surface area (Å²) in [5, 5.41) is 8.69. The van der Waals surface area contributed by atoms with Gasteiger partial charge < -0.3 is 4.90 Å². The molecule has 0 spiro atoms. The van der Waals surface area contributed by atoms with Crippen LogP contribution < -0.4 is 4.90 Å². The van der Waals surface area contributed by atoms with Gasteiger partial charge in [0.15, 0.2) is 5.69 Å². The standard InChI is InChI=1S/C13H19N5/c1-3-18-6-4-5-12(18)10-17(2)13-9-15-11(7-14)8-16-13/h8-9,12H,3-6,10H2,1-2H3. The second-order valence-electron chi connectivity index (χ2n) is 4.68. The lowest BCUT2D eigenvalue weighted by Gasteiger charge is -2.28. The van der Waals surface area contributed by atoms with Gasteiger partial charge in [-0.15, -0.1) is 0 Å². The molecule has 1 aromatic rings. The highest BCUT2D eigenvalue weighted by Gasteiger charge is 2.24. The molecule has 0 aliphatic carbocycles. The molecule has 1 fully saturated rings. The number of nitrogens with zero attached hydrogens (tertiary/aromatic N) is 5. The van der Waals surface area contributed by atoms with Crippen molar-refractivity contribution in [2.24, 2.45) is 0 Å². The van der Waals surface area contributed by atoms with Crippen LogP contribution in [0.15, 0.2) is 12.4 Å². The predicted octanol–water partition coefficient (Wildman–Crippen LogP) is 1.27. The number of rotatable bonds is 4. The first-order valence-corrected chi connectivity index (χ1v) is 6.42. The Morgan fingerprint density at radius 2 is 2.33 bits per heavy atom. The maximum absolute atomic E-state index is 8.69. The lowest BCUT2D eigenvalue weighted by molar-refractivity contribution is 0.270. The molecule has 1 atom stereocenters. The van der Waals surface area contributed by atoms with Gasteiger partial charge in [0.25, 0.3) is 0 Å². The Balaban J connectivity index is 1.98. The van der Waals surface area contributed by atoms with Gasteiger partial charge in [-0.3, -0.25) is 4.90 Å². The largest absolute Gasteiger partial charge is 0.357 e. The molecule has 0 saturated carbocycles. The lowest BCUT2D eigenvalue weighted by Crippen LogP contribution is -2.39. The van der Waals surface area contributed by atoms with Gasteiger partial charge in [0, 0.05) is 19.6 Å². The number of anilines is 1. The smallest absolute Gasteiger partial charge is 0.158 e. The Labute approximate surface area is 108 Å². The molecular weight excluding hydrogens is 226 g/mol. The minimum atomic E-state index is 0.364. The van der Waals surface area contributed by atoms with Crippen molar-refractivity contribution in [2.75, 3.05) is 31.6 Å². The van der Waals surface area contributed by atoms with Gasteiger partial charge in [-0.1, -0.05) is 6.92 Å². The number of likely N-dealkylation sites (N-methyl/N-ethyl adjacent to an activating group) is 2. The Kier molecular flexibility index (Phi) is 4.11. The monoisotopic (exact) mass is 245 g/mol. The van der Waals surface area contributed by atoms with Crippen molar-refractivity contribution < 1.29 is 0 Å². The summed E-state index contributed by atoms with van der Waals surface area (Å²) in [7, 11) is 2.03. The second kappa shape index (κ2) is 5.78. The van der Waals surface area contributed by atoms with E-state index < -0.39 is 0 Å². The van der Waals surface area contributed by atoms with Crippen LogP contribution >= 0.6 is 0 Å². The minimum absolute atomic E-state index is 0.364. The summed E-state index contributed by atoms with van der Waals surface area (Å²) < 4.78 is 0. The van der Waals surface area contributed by atoms with E-state index in [1.807, 2.05) is 13.1 Å². The average molecular weight is 245 g/mol. The topological polar surface area (TPSA) is 56.0 Å². The summed E-state index contributed by atoms with van der Waals surface area (Å²) in [5.74, 6) is 0.831. The minimum Gasteiger partial charge on any atom is -0.357 e. The fourth-order valence-electron chi connectivity index (χ4n) is 2.50. The quantitative estimate of drug-likeness (QED) is 0.799. The van der Waals surface area contributed by atoms with E-state index >= 15 is 0 Å². The molecule has 5 heteroatoms. The summed E-state index contributed by atoms with van der Waals surface area (Å²) >= 11 is 0. The van der Waals surface area contributed by atoms with Gasteiger partial charge in [0.05, 0.1) is 12.4 Å². The van der Waals surface area contributed by atoms with Crippen LogP contribution in [0.3, 0.4) is 0 Å². The number of likely N-dealkylation sites (tertiary alicyclic amines) is 1. The highest BCUT2D eigenvalue weighted by Crippen LogP contribution is 2.19. The zero-order valence-electron chi connectivity index (χ0n) is 11.0. The van der Waals surface area contributed by atoms with Crippen LogP contribution in [0.4, 0.5) is 5.82 Å². The summed E-state index contributed by atoms with van der Waals surface area (Å²) in [5.41, 5.74) is 0.364. The van der Waals surface area contributed by atoms with Crippen molar-refractivity contribution in [1.29, 1.82) is 5.26 Å². The first-order valence-electron chi connectivity index (χ1n) is 6.42. The van der Waals surface area contributed by atoms with Gasteiger partial charge in [-0.25, -0.2) is 9.97 Å². The first-order chi connectivity index (χ1) is 8.74. The van der Waals surface area contributed by atoms with E-state index in [1.54, 1.807) is 6.20 Å². The normalized spacial score (nSPS) is 19.7. The van der Waals surface area contributed by atoms with Crippen molar-refractivity contribution in [2.45, 2.75) is 25.8 Å². The van der Waals surface area contributed by atoms with E-state index in [0.29, 0.717) is 11.7 Å². The maximum Gasteiger partial charge on any atom is 0.158 e. The maximum atomic E-state index is 8.69. The van der Waals surface area contributed by atoms with E-state index in [2.05, 4.69) is 26.7 Å². The van der Waals surface area contributed by atoms with Crippen molar-refractivity contribution in [3.8, 4) is 6.07 Å². The summed E-state index contributed by atoms with van der Waals surface area (Å²) in [4.78, 5) is 12.9. The Morgan fingerprint density at radius 1 is 1.50 bits per heavy atom. The molecule has 1 unspecified atom stereocenters. The van der Waals surface area contributed by atoms with Crippen molar-refractivity contribution >= 4 is 5.82 Å². The van der Waals surface area contributed by atoms with Crippen LogP contribution in [-0.2, 0) is 0 Å². The Hall–Kier alpha value is -1.67. The van der Waals surface area contributed by atoms with Crippen LogP contribution in [0.2, 0.25) is 0 Å². The molecule has 1 aromatic heterocycles. The molecule has 0 bridgehead atoms. The van der Waals surface area contributed by atoms with Gasteiger partial charge in [-0.05, 0) is 25.9 Å². The molecule has 0 N–H and O–H groups in total. The molecule has 1 aliphatic heterocycles. The third-order valence-corrected chi connectivity index (χ3v) is 3.53. The fraction of sp³-hybridized carbons (Fsp3) is 0.615. The second-order valence-corrected chi connectivity index (χ2v) is 4.68. The van der Waals surface area contributed by atoms with Gasteiger partial charge >= 0.3 is 0 Å². The van der Waals surface area contributed by atoms with Crippen molar-refractivity contribution in [3.63, 3.8) is 0 Å². The van der Waals surface area contributed by atoms with Gasteiger partial charge in [-0.2, -0.15) is 5.26 Å². The van der Waals surface area contributed by atoms with E-state index in [1.165, 1.54) is 25.6 Å². The number of hydrogen-bond acceptors (Lipinski definition) is 5. The number of aromatic nitrogens is 2. The third kappa shape index (κ3) is 2.77. The number of hydrogen-bond donors (Lipinski definition) is 0. The summed E-state index contributed by atoms with van der Waals surface area (Å²) in [6.07, 6.45) is 5.73. The zero-order chi connectivity index (χ0) is 13.0. The van der Waals surface area contributed by atoms with E-state index in [9.17, 15) is 0 Å². The lowest BCUT2D eigenvalue weighted by atomic mass is 10.2. The highest BCUT2D eigenvalue weighted by atomic mass is 15.2. The van der Waals surface area contributed by atoms with Crippen LogP contribution in [-0.4, -0.2) is 47.6 Å². The van der Waals surface area contributed by atoms with E-state index in [0.717, 1.165) is 18.9 Å². The summed E-state index contributed by atoms with van der Waals surface area (Å²) in [6.45, 7) is 5.49. The van der Waals surface area contributed by atoms with Crippen LogP contribution in [0.1, 0.15) is 25.5 Å². The number of nitriles is 1. The third-order valence-electron chi connectivity index (χ3n) is 3.53. The van der Waals surface area contributed by atoms with Gasteiger partial charge in [0.2, 0.25) is 0 Å². The molecule has 2 rings (SSSR count). The fourth-order valence-corrected chi connectivity index (χ4v) is 2.50.